The summed E-state index contributed by atoms with van der Waals surface area (Å²) >= 11 is 0. The van der Waals surface area contributed by atoms with Gasteiger partial charge in [0.05, 0.1) is 7.11 Å². The Morgan fingerprint density at radius 3 is 2.78 bits per heavy atom. The van der Waals surface area contributed by atoms with Gasteiger partial charge in [-0.2, -0.15) is 4.99 Å². The molecule has 0 radical (unpaired) electrons. The number of methoxy groups -OCH3 is 1. The van der Waals surface area contributed by atoms with Crippen LogP contribution in [0.2, 0.25) is 0 Å². The van der Waals surface area contributed by atoms with Crippen molar-refractivity contribution in [3.8, 4) is 5.75 Å². The van der Waals surface area contributed by atoms with Crippen LogP contribution in [0.15, 0.2) is 29.4 Å². The zero-order chi connectivity index (χ0) is 12.8. The highest BCUT2D eigenvalue weighted by Crippen LogP contribution is 2.54. The molecule has 0 N–H and O–H groups in total. The van der Waals surface area contributed by atoms with E-state index in [1.54, 1.807) is 13.2 Å². The van der Waals surface area contributed by atoms with E-state index in [2.05, 4.69) is 9.56 Å². The lowest BCUT2D eigenvalue weighted by Crippen LogP contribution is -2.06. The highest BCUT2D eigenvalue weighted by atomic mass is 16.5. The maximum atomic E-state index is 10.6. The van der Waals surface area contributed by atoms with Crippen molar-refractivity contribution in [1.29, 1.82) is 0 Å². The smallest absolute Gasteiger partial charge is 0.235 e. The van der Waals surface area contributed by atoms with Crippen molar-refractivity contribution in [2.75, 3.05) is 7.11 Å². The molecule has 1 heterocycles. The summed E-state index contributed by atoms with van der Waals surface area (Å²) in [5.41, 5.74) is 1.73. The van der Waals surface area contributed by atoms with Crippen LogP contribution in [0.1, 0.15) is 18.4 Å². The van der Waals surface area contributed by atoms with Crippen molar-refractivity contribution in [3.05, 3.63) is 30.0 Å². The third-order valence-electron chi connectivity index (χ3n) is 3.70. The van der Waals surface area contributed by atoms with Gasteiger partial charge in [0.15, 0.2) is 0 Å². The Morgan fingerprint density at radius 1 is 1.39 bits per heavy atom. The Morgan fingerprint density at radius 2 is 2.17 bits per heavy atom. The van der Waals surface area contributed by atoms with Crippen LogP contribution in [0.5, 0.6) is 5.75 Å². The van der Waals surface area contributed by atoms with Gasteiger partial charge in [-0.3, -0.25) is 0 Å². The second kappa shape index (κ2) is 3.72. The van der Waals surface area contributed by atoms with Crippen LogP contribution in [-0.2, 0) is 17.4 Å². The van der Waals surface area contributed by atoms with E-state index in [9.17, 15) is 4.79 Å². The molecule has 1 aliphatic carbocycles. The largest absolute Gasteiger partial charge is 0.496 e. The van der Waals surface area contributed by atoms with E-state index in [0.717, 1.165) is 35.1 Å². The number of rotatable bonds is 3. The molecule has 0 bridgehead atoms. The molecule has 92 valence electrons. The van der Waals surface area contributed by atoms with E-state index >= 15 is 0 Å². The molecule has 0 saturated heterocycles. The molecule has 0 amide bonds. The quantitative estimate of drug-likeness (QED) is 0.613. The highest BCUT2D eigenvalue weighted by Gasteiger charge is 2.48. The number of fused-ring (bicyclic) bond motifs is 1. The molecule has 1 aromatic heterocycles. The summed E-state index contributed by atoms with van der Waals surface area (Å²) in [6.07, 6.45) is 5.48. The molecule has 0 atom stereocenters. The molecule has 2 aromatic rings. The SMILES string of the molecule is COc1ccc2c(ccn2C)c1C1(N=C=O)CC1. The summed E-state index contributed by atoms with van der Waals surface area (Å²) in [4.78, 5) is 14.6. The van der Waals surface area contributed by atoms with Crippen molar-refractivity contribution in [2.45, 2.75) is 18.4 Å². The van der Waals surface area contributed by atoms with E-state index in [1.165, 1.54) is 0 Å². The zero-order valence-corrected chi connectivity index (χ0v) is 10.4. The number of aliphatic imine (C=N–C) groups is 1. The minimum Gasteiger partial charge on any atom is -0.496 e. The van der Waals surface area contributed by atoms with Gasteiger partial charge in [-0.25, -0.2) is 4.79 Å². The molecule has 0 spiro atoms. The normalized spacial score (nSPS) is 16.3. The Kier molecular flexibility index (Phi) is 2.28. The molecular weight excluding hydrogens is 228 g/mol. The molecule has 18 heavy (non-hydrogen) atoms. The van der Waals surface area contributed by atoms with Crippen molar-refractivity contribution >= 4 is 17.0 Å². The summed E-state index contributed by atoms with van der Waals surface area (Å²) in [5.74, 6) is 0.796. The lowest BCUT2D eigenvalue weighted by molar-refractivity contribution is 0.405. The zero-order valence-electron chi connectivity index (χ0n) is 10.4. The van der Waals surface area contributed by atoms with Gasteiger partial charge in [0, 0.05) is 29.7 Å². The minimum absolute atomic E-state index is 0.409. The lowest BCUT2D eigenvalue weighted by atomic mass is 9.99. The minimum atomic E-state index is -0.409. The van der Waals surface area contributed by atoms with Gasteiger partial charge in [-0.1, -0.05) is 0 Å². The van der Waals surface area contributed by atoms with Crippen LogP contribution in [0, 0.1) is 0 Å². The van der Waals surface area contributed by atoms with Crippen LogP contribution < -0.4 is 4.74 Å². The maximum absolute atomic E-state index is 10.6. The second-order valence-electron chi connectivity index (χ2n) is 4.74. The van der Waals surface area contributed by atoms with E-state index in [-0.39, 0.29) is 0 Å². The topological polar surface area (TPSA) is 43.6 Å². The van der Waals surface area contributed by atoms with Gasteiger partial charge in [0.25, 0.3) is 0 Å². The van der Waals surface area contributed by atoms with Crippen molar-refractivity contribution < 1.29 is 9.53 Å². The second-order valence-corrected chi connectivity index (χ2v) is 4.74. The predicted molar refractivity (Wildman–Crippen MR) is 68.5 cm³/mol. The van der Waals surface area contributed by atoms with Crippen LogP contribution in [-0.4, -0.2) is 17.8 Å². The van der Waals surface area contributed by atoms with Gasteiger partial charge < -0.3 is 9.30 Å². The van der Waals surface area contributed by atoms with Crippen LogP contribution in [0.25, 0.3) is 10.9 Å². The average Bonchev–Trinajstić information content (AvgIpc) is 3.06. The molecular formula is C14H14N2O2. The van der Waals surface area contributed by atoms with E-state index < -0.39 is 5.54 Å². The summed E-state index contributed by atoms with van der Waals surface area (Å²) in [6, 6.07) is 6.02. The number of benzene rings is 1. The average molecular weight is 242 g/mol. The maximum Gasteiger partial charge on any atom is 0.235 e. The number of isocyanates is 1. The molecule has 4 heteroatoms. The Bertz CT molecular complexity index is 662. The van der Waals surface area contributed by atoms with Crippen LogP contribution in [0.4, 0.5) is 0 Å². The summed E-state index contributed by atoms with van der Waals surface area (Å²) in [7, 11) is 3.65. The van der Waals surface area contributed by atoms with Crippen LogP contribution in [0.3, 0.4) is 0 Å². The fourth-order valence-corrected chi connectivity index (χ4v) is 2.61. The number of nitrogens with zero attached hydrogens (tertiary/aromatic N) is 2. The molecule has 0 aliphatic heterocycles. The lowest BCUT2D eigenvalue weighted by Gasteiger charge is -2.15. The Hall–Kier alpha value is -2.06. The first kappa shape index (κ1) is 11.1. The van der Waals surface area contributed by atoms with Gasteiger partial charge in [-0.15, -0.1) is 0 Å². The molecule has 3 rings (SSSR count). The predicted octanol–water partition coefficient (Wildman–Crippen LogP) is 2.51. The summed E-state index contributed by atoms with van der Waals surface area (Å²) < 4.78 is 7.49. The van der Waals surface area contributed by atoms with Crippen molar-refractivity contribution in [3.63, 3.8) is 0 Å². The first-order valence-corrected chi connectivity index (χ1v) is 5.93. The number of aromatic nitrogens is 1. The van der Waals surface area contributed by atoms with Crippen LogP contribution >= 0.6 is 0 Å². The van der Waals surface area contributed by atoms with Gasteiger partial charge in [0.2, 0.25) is 6.08 Å². The number of aryl methyl sites for hydroxylation is 1. The highest BCUT2D eigenvalue weighted by molar-refractivity contribution is 5.87. The van der Waals surface area contributed by atoms with Gasteiger partial charge >= 0.3 is 0 Å². The molecule has 4 nitrogen and oxygen atoms in total. The Balaban J connectivity index is 2.34. The standard InChI is InChI=1S/C14H14N2O2/c1-16-8-5-10-11(16)3-4-12(18-2)13(10)14(6-7-14)15-9-17/h3-5,8H,6-7H2,1-2H3. The summed E-state index contributed by atoms with van der Waals surface area (Å²) in [6.45, 7) is 0. The molecule has 0 unspecified atom stereocenters. The summed E-state index contributed by atoms with van der Waals surface area (Å²) in [5, 5.41) is 1.10. The molecule has 1 aliphatic rings. The number of ether oxygens (including phenoxy) is 1. The van der Waals surface area contributed by atoms with Gasteiger partial charge in [-0.05, 0) is 31.0 Å². The third kappa shape index (κ3) is 1.39. The van der Waals surface area contributed by atoms with E-state index in [0.29, 0.717) is 0 Å². The molecule has 1 fully saturated rings. The van der Waals surface area contributed by atoms with Crippen molar-refractivity contribution in [1.82, 2.24) is 4.57 Å². The van der Waals surface area contributed by atoms with E-state index in [1.807, 2.05) is 31.4 Å². The molecule has 1 saturated carbocycles. The number of hydrogen-bond donors (Lipinski definition) is 0. The monoisotopic (exact) mass is 242 g/mol. The Labute approximate surface area is 105 Å². The fraction of sp³-hybridized carbons (Fsp3) is 0.357. The first-order valence-electron chi connectivity index (χ1n) is 5.93. The number of carbonyl (C=O) groups excluding carboxylic acids is 1. The van der Waals surface area contributed by atoms with Crippen molar-refractivity contribution in [2.24, 2.45) is 12.0 Å². The number of hydrogen-bond acceptors (Lipinski definition) is 3. The molecule has 1 aromatic carbocycles. The first-order chi connectivity index (χ1) is 8.72. The third-order valence-corrected chi connectivity index (χ3v) is 3.70. The van der Waals surface area contributed by atoms with E-state index in [4.69, 9.17) is 4.74 Å². The van der Waals surface area contributed by atoms with Gasteiger partial charge in [0.1, 0.15) is 11.3 Å². The fourth-order valence-electron chi connectivity index (χ4n) is 2.61.